The summed E-state index contributed by atoms with van der Waals surface area (Å²) in [4.78, 5) is 12.3. The summed E-state index contributed by atoms with van der Waals surface area (Å²) >= 11 is 1.44. The minimum absolute atomic E-state index is 0.232. The van der Waals surface area contributed by atoms with Crippen molar-refractivity contribution in [2.24, 2.45) is 0 Å². The Morgan fingerprint density at radius 1 is 1.35 bits per heavy atom. The Morgan fingerprint density at radius 2 is 2.06 bits per heavy atom. The highest BCUT2D eigenvalue weighted by molar-refractivity contribution is 8.00. The van der Waals surface area contributed by atoms with Gasteiger partial charge in [-0.3, -0.25) is 4.79 Å². The topological polar surface area (TPSA) is 44.8 Å². The third kappa shape index (κ3) is 2.85. The first-order valence-electron chi connectivity index (χ1n) is 5.35. The molecule has 1 aromatic rings. The first-order valence-corrected chi connectivity index (χ1v) is 6.23. The largest absolute Gasteiger partial charge is 0.486 e. The van der Waals surface area contributed by atoms with Gasteiger partial charge in [0.1, 0.15) is 18.5 Å². The van der Waals surface area contributed by atoms with Gasteiger partial charge in [-0.25, -0.2) is 0 Å². The van der Waals surface area contributed by atoms with Gasteiger partial charge in [0.05, 0.1) is 7.11 Å². The maximum Gasteiger partial charge on any atom is 0.318 e. The number of carbonyl (C=O) groups is 1. The molecule has 1 aliphatic heterocycles. The van der Waals surface area contributed by atoms with E-state index in [2.05, 4.69) is 4.74 Å². The Balaban J connectivity index is 2.09. The number of thioether (sulfide) groups is 1. The molecular formula is C12H14O4S. The molecule has 0 N–H and O–H groups in total. The molecule has 0 saturated heterocycles. The monoisotopic (exact) mass is 254 g/mol. The predicted molar refractivity (Wildman–Crippen MR) is 64.8 cm³/mol. The van der Waals surface area contributed by atoms with Crippen molar-refractivity contribution in [1.82, 2.24) is 0 Å². The van der Waals surface area contributed by atoms with Crippen LogP contribution in [0.15, 0.2) is 23.1 Å². The number of esters is 1. The van der Waals surface area contributed by atoms with Gasteiger partial charge in [0.15, 0.2) is 11.5 Å². The van der Waals surface area contributed by atoms with E-state index in [0.29, 0.717) is 13.2 Å². The average molecular weight is 254 g/mol. The van der Waals surface area contributed by atoms with Crippen LogP contribution in [0.1, 0.15) is 6.92 Å². The second-order valence-electron chi connectivity index (χ2n) is 3.59. The molecule has 17 heavy (non-hydrogen) atoms. The summed E-state index contributed by atoms with van der Waals surface area (Å²) in [5, 5.41) is -0.234. The molecule has 0 spiro atoms. The Hall–Kier alpha value is -1.36. The fourth-order valence-electron chi connectivity index (χ4n) is 1.52. The van der Waals surface area contributed by atoms with Crippen LogP contribution in [0.4, 0.5) is 0 Å². The molecule has 0 saturated carbocycles. The van der Waals surface area contributed by atoms with E-state index in [9.17, 15) is 4.79 Å². The average Bonchev–Trinajstić information content (AvgIpc) is 2.37. The molecule has 1 heterocycles. The van der Waals surface area contributed by atoms with Gasteiger partial charge in [0.25, 0.3) is 0 Å². The van der Waals surface area contributed by atoms with Crippen molar-refractivity contribution in [2.75, 3.05) is 20.3 Å². The quantitative estimate of drug-likeness (QED) is 0.610. The lowest BCUT2D eigenvalue weighted by Crippen LogP contribution is -2.16. The molecule has 0 bridgehead atoms. The second kappa shape index (κ2) is 5.31. The Morgan fingerprint density at radius 3 is 2.76 bits per heavy atom. The molecule has 0 aliphatic carbocycles. The SMILES string of the molecule is COC(=O)[C@H](C)Sc1ccc2c(c1)OCCO2. The number of hydrogen-bond donors (Lipinski definition) is 0. The van der Waals surface area contributed by atoms with Crippen molar-refractivity contribution >= 4 is 17.7 Å². The number of fused-ring (bicyclic) bond motifs is 1. The molecule has 92 valence electrons. The molecule has 1 aromatic carbocycles. The fourth-order valence-corrected chi connectivity index (χ4v) is 2.44. The summed E-state index contributed by atoms with van der Waals surface area (Å²) < 4.78 is 15.6. The normalized spacial score (nSPS) is 15.2. The maximum atomic E-state index is 11.3. The highest BCUT2D eigenvalue weighted by atomic mass is 32.2. The van der Waals surface area contributed by atoms with Gasteiger partial charge in [-0.15, -0.1) is 11.8 Å². The van der Waals surface area contributed by atoms with Crippen molar-refractivity contribution in [1.29, 1.82) is 0 Å². The van der Waals surface area contributed by atoms with E-state index in [-0.39, 0.29) is 11.2 Å². The molecule has 0 radical (unpaired) electrons. The van der Waals surface area contributed by atoms with Crippen LogP contribution in [0.3, 0.4) is 0 Å². The van der Waals surface area contributed by atoms with E-state index in [1.165, 1.54) is 18.9 Å². The van der Waals surface area contributed by atoms with Gasteiger partial charge in [-0.1, -0.05) is 0 Å². The van der Waals surface area contributed by atoms with Crippen LogP contribution in [-0.4, -0.2) is 31.5 Å². The lowest BCUT2D eigenvalue weighted by molar-refractivity contribution is -0.139. The summed E-state index contributed by atoms with van der Waals surface area (Å²) in [5.74, 6) is 1.26. The molecule has 0 unspecified atom stereocenters. The van der Waals surface area contributed by atoms with Gasteiger partial charge in [0.2, 0.25) is 0 Å². The van der Waals surface area contributed by atoms with Crippen LogP contribution >= 0.6 is 11.8 Å². The Labute approximate surface area is 104 Å². The number of hydrogen-bond acceptors (Lipinski definition) is 5. The van der Waals surface area contributed by atoms with Crippen molar-refractivity contribution < 1.29 is 19.0 Å². The smallest absolute Gasteiger partial charge is 0.318 e. The molecule has 1 aliphatic rings. The predicted octanol–water partition coefficient (Wildman–Crippen LogP) is 2.11. The number of benzene rings is 1. The summed E-state index contributed by atoms with van der Waals surface area (Å²) in [5.41, 5.74) is 0. The van der Waals surface area contributed by atoms with E-state index in [4.69, 9.17) is 9.47 Å². The Kier molecular flexibility index (Phi) is 3.78. The van der Waals surface area contributed by atoms with Gasteiger partial charge in [0, 0.05) is 4.90 Å². The molecule has 4 nitrogen and oxygen atoms in total. The summed E-state index contributed by atoms with van der Waals surface area (Å²) in [6, 6.07) is 5.66. The summed E-state index contributed by atoms with van der Waals surface area (Å²) in [6.07, 6.45) is 0. The van der Waals surface area contributed by atoms with Crippen LogP contribution in [0.5, 0.6) is 11.5 Å². The highest BCUT2D eigenvalue weighted by Crippen LogP contribution is 2.35. The van der Waals surface area contributed by atoms with Crippen molar-refractivity contribution in [3.8, 4) is 11.5 Å². The van der Waals surface area contributed by atoms with Crippen LogP contribution in [0.25, 0.3) is 0 Å². The molecular weight excluding hydrogens is 240 g/mol. The van der Waals surface area contributed by atoms with Crippen LogP contribution in [0, 0.1) is 0 Å². The number of methoxy groups -OCH3 is 1. The molecule has 0 amide bonds. The third-order valence-corrected chi connectivity index (χ3v) is 3.43. The van der Waals surface area contributed by atoms with Crippen LogP contribution < -0.4 is 9.47 Å². The Bertz CT molecular complexity index is 419. The van der Waals surface area contributed by atoms with Gasteiger partial charge < -0.3 is 14.2 Å². The van der Waals surface area contributed by atoms with Crippen molar-refractivity contribution in [2.45, 2.75) is 17.1 Å². The van der Waals surface area contributed by atoms with E-state index >= 15 is 0 Å². The molecule has 5 heteroatoms. The zero-order chi connectivity index (χ0) is 12.3. The molecule has 1 atom stereocenters. The number of carbonyl (C=O) groups excluding carboxylic acids is 1. The standard InChI is InChI=1S/C12H14O4S/c1-8(12(13)14-2)17-9-3-4-10-11(7-9)16-6-5-15-10/h3-4,7-8H,5-6H2,1-2H3/t8-/m0/s1. The molecule has 2 rings (SSSR count). The lowest BCUT2D eigenvalue weighted by atomic mass is 10.3. The van der Waals surface area contributed by atoms with Crippen molar-refractivity contribution in [3.05, 3.63) is 18.2 Å². The van der Waals surface area contributed by atoms with E-state index in [0.717, 1.165) is 16.4 Å². The molecule has 0 aromatic heterocycles. The van der Waals surface area contributed by atoms with Crippen LogP contribution in [0.2, 0.25) is 0 Å². The van der Waals surface area contributed by atoms with E-state index < -0.39 is 0 Å². The third-order valence-electron chi connectivity index (χ3n) is 2.36. The minimum atomic E-state index is -0.234. The fraction of sp³-hybridized carbons (Fsp3) is 0.417. The summed E-state index contributed by atoms with van der Waals surface area (Å²) in [6.45, 7) is 2.96. The van der Waals surface area contributed by atoms with E-state index in [1.807, 2.05) is 25.1 Å². The van der Waals surface area contributed by atoms with Crippen LogP contribution in [-0.2, 0) is 9.53 Å². The minimum Gasteiger partial charge on any atom is -0.486 e. The highest BCUT2D eigenvalue weighted by Gasteiger charge is 2.17. The summed E-state index contributed by atoms with van der Waals surface area (Å²) in [7, 11) is 1.39. The van der Waals surface area contributed by atoms with Gasteiger partial charge in [-0.2, -0.15) is 0 Å². The van der Waals surface area contributed by atoms with E-state index in [1.54, 1.807) is 0 Å². The molecule has 0 fully saturated rings. The zero-order valence-corrected chi connectivity index (χ0v) is 10.6. The van der Waals surface area contributed by atoms with Gasteiger partial charge >= 0.3 is 5.97 Å². The first kappa shape index (κ1) is 12.1. The second-order valence-corrected chi connectivity index (χ2v) is 5.00. The number of ether oxygens (including phenoxy) is 3. The first-order chi connectivity index (χ1) is 8.20. The van der Waals surface area contributed by atoms with Gasteiger partial charge in [-0.05, 0) is 25.1 Å². The lowest BCUT2D eigenvalue weighted by Gasteiger charge is -2.19. The van der Waals surface area contributed by atoms with Crippen molar-refractivity contribution in [3.63, 3.8) is 0 Å². The maximum absolute atomic E-state index is 11.3. The zero-order valence-electron chi connectivity index (χ0n) is 9.76. The number of rotatable bonds is 3.